The van der Waals surface area contributed by atoms with E-state index in [1.54, 1.807) is 75.0 Å². The molecule has 4 amide bonds. The van der Waals surface area contributed by atoms with E-state index >= 15 is 4.79 Å². The Labute approximate surface area is 496 Å². The van der Waals surface area contributed by atoms with E-state index in [1.807, 2.05) is 52.9 Å². The number of halogens is 3. The third kappa shape index (κ3) is 19.2. The summed E-state index contributed by atoms with van der Waals surface area (Å²) in [5, 5.41) is 8.19. The lowest BCUT2D eigenvalue weighted by atomic mass is 9.99. The number of esters is 4. The molecule has 0 unspecified atom stereocenters. The Morgan fingerprint density at radius 1 is 0.447 bits per heavy atom. The maximum Gasteiger partial charge on any atom is 0.419 e. The van der Waals surface area contributed by atoms with Gasteiger partial charge in [0.15, 0.2) is 24.4 Å². The van der Waals surface area contributed by atoms with Crippen LogP contribution in [0.15, 0.2) is 73.3 Å². The number of alkyl halides is 3. The summed E-state index contributed by atoms with van der Waals surface area (Å²) in [5.41, 5.74) is 2.55. The maximum absolute atomic E-state index is 15.0. The Bertz CT molecular complexity index is 2920. The van der Waals surface area contributed by atoms with Crippen LogP contribution in [0, 0.1) is 30.6 Å². The highest BCUT2D eigenvalue weighted by atomic mass is 19.4. The SMILES string of the molecule is Cc1cnn(Cc2ccc(C[C@H]3OC(=O)[C@H](CC(C)C)N(C)C(=O)[C@@H](C)OC(=O)[C@H](CC(C)C)N(C)C(=O)[C@@H](Cc4ccc(Cn5cc(C(F)(F)F)cn5)cc4)OC(=O)[C@H](CC(C)C)N(C)C(=O)[C@@H](C)OC(=O)[C@H](CC(C)C)N(C)C3=O)cc2)c1. The molecule has 0 radical (unpaired) electrons. The van der Waals surface area contributed by atoms with Crippen LogP contribution in [0.4, 0.5) is 13.2 Å². The van der Waals surface area contributed by atoms with Gasteiger partial charge >= 0.3 is 30.1 Å². The minimum Gasteiger partial charge on any atom is -0.451 e. The predicted octanol–water partition coefficient (Wildman–Crippen LogP) is 7.48. The minimum absolute atomic E-state index is 0.0114. The van der Waals surface area contributed by atoms with Gasteiger partial charge in [-0.05, 0) is 97.9 Å². The molecule has 1 aliphatic heterocycles. The number of aromatic nitrogens is 4. The van der Waals surface area contributed by atoms with E-state index < -0.39 is 108 Å². The van der Waals surface area contributed by atoms with Crippen LogP contribution in [0.1, 0.15) is 128 Å². The predicted molar refractivity (Wildman–Crippen MR) is 308 cm³/mol. The van der Waals surface area contributed by atoms with Gasteiger partial charge < -0.3 is 38.5 Å². The first-order valence-electron chi connectivity index (χ1n) is 28.9. The Hall–Kier alpha value is -7.59. The van der Waals surface area contributed by atoms with E-state index in [0.29, 0.717) is 23.2 Å². The molecule has 1 fully saturated rings. The van der Waals surface area contributed by atoms with Crippen molar-refractivity contribution in [3.05, 3.63) is 107 Å². The fourth-order valence-electron chi connectivity index (χ4n) is 9.99. The maximum atomic E-state index is 15.0. The van der Waals surface area contributed by atoms with Gasteiger partial charge in [-0.1, -0.05) is 104 Å². The Morgan fingerprint density at radius 3 is 1.04 bits per heavy atom. The first-order valence-corrected chi connectivity index (χ1v) is 28.9. The number of benzene rings is 2. The monoisotopic (exact) mass is 1190 g/mol. The van der Waals surface area contributed by atoms with Gasteiger partial charge in [0.25, 0.3) is 23.6 Å². The van der Waals surface area contributed by atoms with Crippen LogP contribution < -0.4 is 0 Å². The van der Waals surface area contributed by atoms with Crippen LogP contribution in [-0.4, -0.2) is 163 Å². The van der Waals surface area contributed by atoms with Crippen molar-refractivity contribution in [2.24, 2.45) is 23.7 Å². The fraction of sp³-hybridized carbons (Fsp3) is 0.581. The molecule has 5 rings (SSSR count). The van der Waals surface area contributed by atoms with E-state index in [0.717, 1.165) is 47.8 Å². The first-order chi connectivity index (χ1) is 39.7. The van der Waals surface area contributed by atoms with Crippen molar-refractivity contribution in [3.8, 4) is 0 Å². The summed E-state index contributed by atoms with van der Waals surface area (Å²) >= 11 is 0. The highest BCUT2D eigenvalue weighted by Gasteiger charge is 2.43. The summed E-state index contributed by atoms with van der Waals surface area (Å²) in [6.07, 6.45) is -6.00. The molecule has 1 aliphatic rings. The molecule has 0 N–H and O–H groups in total. The molecule has 2 aromatic heterocycles. The van der Waals surface area contributed by atoms with Crippen LogP contribution in [0.25, 0.3) is 0 Å². The average Bonchev–Trinajstić information content (AvgIpc) is 3.58. The lowest BCUT2D eigenvalue weighted by Gasteiger charge is -2.35. The molecule has 0 aliphatic carbocycles. The summed E-state index contributed by atoms with van der Waals surface area (Å²) in [6, 6.07) is 8.31. The number of aryl methyl sites for hydroxylation is 1. The molecule has 23 heteroatoms. The van der Waals surface area contributed by atoms with Gasteiger partial charge in [0.2, 0.25) is 0 Å². The molecule has 0 saturated carbocycles. The van der Waals surface area contributed by atoms with Crippen molar-refractivity contribution >= 4 is 47.5 Å². The van der Waals surface area contributed by atoms with E-state index in [9.17, 15) is 46.7 Å². The number of hydrogen-bond acceptors (Lipinski definition) is 14. The van der Waals surface area contributed by atoms with E-state index in [2.05, 4.69) is 10.2 Å². The van der Waals surface area contributed by atoms with Crippen LogP contribution >= 0.6 is 0 Å². The molecule has 85 heavy (non-hydrogen) atoms. The van der Waals surface area contributed by atoms with Gasteiger partial charge in [0.1, 0.15) is 24.2 Å². The van der Waals surface area contributed by atoms with Crippen molar-refractivity contribution in [1.29, 1.82) is 0 Å². The number of cyclic esters (lactones) is 4. The van der Waals surface area contributed by atoms with Crippen LogP contribution in [0.3, 0.4) is 0 Å². The largest absolute Gasteiger partial charge is 0.451 e. The smallest absolute Gasteiger partial charge is 0.419 e. The molecular weight excluding hydrogens is 1110 g/mol. The van der Waals surface area contributed by atoms with E-state index in [1.165, 1.54) is 42.0 Å². The second kappa shape index (κ2) is 30.0. The summed E-state index contributed by atoms with van der Waals surface area (Å²) < 4.78 is 67.0. The molecule has 4 aromatic rings. The fourth-order valence-corrected chi connectivity index (χ4v) is 9.99. The molecule has 466 valence electrons. The summed E-state index contributed by atoms with van der Waals surface area (Å²) in [4.78, 5) is 122. The number of hydrogen-bond donors (Lipinski definition) is 0. The number of ether oxygens (including phenoxy) is 4. The number of rotatable bonds is 16. The highest BCUT2D eigenvalue weighted by molar-refractivity contribution is 5.94. The number of carbonyl (C=O) groups excluding carboxylic acids is 8. The highest BCUT2D eigenvalue weighted by Crippen LogP contribution is 2.29. The third-order valence-corrected chi connectivity index (χ3v) is 14.8. The zero-order chi connectivity index (χ0) is 63.4. The average molecular weight is 1190 g/mol. The first kappa shape index (κ1) is 68.2. The summed E-state index contributed by atoms with van der Waals surface area (Å²) in [7, 11) is 5.37. The summed E-state index contributed by atoms with van der Waals surface area (Å²) in [6.45, 7) is 19.5. The number of carbonyl (C=O) groups is 8. The zero-order valence-electron chi connectivity index (χ0n) is 51.6. The topological polar surface area (TPSA) is 222 Å². The van der Waals surface area contributed by atoms with Gasteiger partial charge in [0.05, 0.1) is 31.0 Å². The zero-order valence-corrected chi connectivity index (χ0v) is 51.6. The lowest BCUT2D eigenvalue weighted by molar-refractivity contribution is -0.176. The number of likely N-dealkylation sites (N-methyl/N-ethyl adjacent to an activating group) is 4. The number of nitrogens with zero attached hydrogens (tertiary/aromatic N) is 8. The third-order valence-electron chi connectivity index (χ3n) is 14.8. The van der Waals surface area contributed by atoms with E-state index in [4.69, 9.17) is 18.9 Å². The standard InChI is InChI=1S/C62H85F3N8O12/c1-36(2)24-48-58(78)82-42(11)55(75)69(13)51(27-39(7)8)61(81)85-53(29-44-18-22-46(23-19-44)34-73-35-47(31-67-73)62(63,64)65)57(77)71(15)49(25-37(3)4)59(79)83-41(10)54(74)68(12)50(26-38(5)6)60(80)84-52(56(76)70(48)14)28-43-16-20-45(21-17-43)33-72-32-40(9)30-66-72/h16-23,30-32,35-39,41-42,48-53H,24-29,33-34H2,1-15H3/t41-,42-,48+,49+,50+,51+,52-,53-/m1/s1. The molecule has 1 saturated heterocycles. The Morgan fingerprint density at radius 2 is 0.741 bits per heavy atom. The van der Waals surface area contributed by atoms with Gasteiger partial charge in [-0.3, -0.25) is 28.5 Å². The van der Waals surface area contributed by atoms with Gasteiger partial charge in [-0.2, -0.15) is 23.4 Å². The second-order valence-electron chi connectivity index (χ2n) is 24.1. The van der Waals surface area contributed by atoms with Gasteiger partial charge in [-0.15, -0.1) is 0 Å². The van der Waals surface area contributed by atoms with Crippen molar-refractivity contribution < 1.29 is 70.5 Å². The summed E-state index contributed by atoms with van der Waals surface area (Å²) in [5.74, 6) is -8.11. The van der Waals surface area contributed by atoms with E-state index in [-0.39, 0.29) is 68.7 Å². The van der Waals surface area contributed by atoms with Crippen LogP contribution in [-0.2, 0) is 89.4 Å². The van der Waals surface area contributed by atoms with Gasteiger partial charge in [-0.25, -0.2) is 19.2 Å². The lowest BCUT2D eigenvalue weighted by Crippen LogP contribution is -2.55. The Balaban J connectivity index is 1.58. The quantitative estimate of drug-likeness (QED) is 0.0784. The molecule has 8 atom stereocenters. The number of amides is 4. The van der Waals surface area contributed by atoms with Crippen LogP contribution in [0.5, 0.6) is 0 Å². The van der Waals surface area contributed by atoms with Crippen molar-refractivity contribution in [3.63, 3.8) is 0 Å². The molecule has 3 heterocycles. The molecule has 20 nitrogen and oxygen atoms in total. The normalized spacial score (nSPS) is 22.8. The molecule has 0 bridgehead atoms. The second-order valence-corrected chi connectivity index (χ2v) is 24.1. The molecule has 0 spiro atoms. The van der Waals surface area contributed by atoms with Crippen LogP contribution in [0.2, 0.25) is 0 Å². The molecular formula is C62H85F3N8O12. The van der Waals surface area contributed by atoms with Crippen molar-refractivity contribution in [2.75, 3.05) is 28.2 Å². The molecule has 2 aromatic carbocycles. The minimum atomic E-state index is -4.59. The van der Waals surface area contributed by atoms with Crippen molar-refractivity contribution in [2.45, 2.75) is 183 Å². The van der Waals surface area contributed by atoms with Crippen molar-refractivity contribution in [1.82, 2.24) is 39.2 Å². The Kier molecular flexibility index (Phi) is 24.0. The van der Waals surface area contributed by atoms with Gasteiger partial charge in [0, 0.05) is 53.4 Å².